The summed E-state index contributed by atoms with van der Waals surface area (Å²) in [5.41, 5.74) is 0.555. The number of aromatic nitrogens is 2. The molecule has 1 aliphatic rings. The van der Waals surface area contributed by atoms with Crippen LogP contribution < -0.4 is 5.32 Å². The van der Waals surface area contributed by atoms with Crippen molar-refractivity contribution in [2.75, 3.05) is 24.2 Å². The van der Waals surface area contributed by atoms with Gasteiger partial charge in [-0.15, -0.1) is 0 Å². The predicted octanol–water partition coefficient (Wildman–Crippen LogP) is 2.87. The Balaban J connectivity index is 1.60. The second kappa shape index (κ2) is 9.02. The molecule has 0 spiro atoms. The highest BCUT2D eigenvalue weighted by atomic mass is 32.2. The standard InChI is InChI=1S/C19H24N4O3S2/c1-14-10-15(2)12-23(11-14)28(25,26)17-6-4-16(5-7-17)22-18(24)13-27-19-20-8-3-9-21-19/h3-9,14-15H,10-13H2,1-2H3,(H,22,24)/t14-,15-/m1/s1. The molecule has 0 radical (unpaired) electrons. The minimum Gasteiger partial charge on any atom is -0.325 e. The monoisotopic (exact) mass is 420 g/mol. The van der Waals surface area contributed by atoms with Gasteiger partial charge in [-0.2, -0.15) is 4.31 Å². The van der Waals surface area contributed by atoms with Crippen LogP contribution in [-0.2, 0) is 14.8 Å². The minimum absolute atomic E-state index is 0.174. The van der Waals surface area contributed by atoms with Crippen molar-refractivity contribution in [3.05, 3.63) is 42.7 Å². The number of hydrogen-bond acceptors (Lipinski definition) is 6. The summed E-state index contributed by atoms with van der Waals surface area (Å²) < 4.78 is 27.4. The molecule has 0 saturated carbocycles. The number of carbonyl (C=O) groups excluding carboxylic acids is 1. The van der Waals surface area contributed by atoms with Crippen molar-refractivity contribution in [1.29, 1.82) is 0 Å². The minimum atomic E-state index is -3.52. The highest BCUT2D eigenvalue weighted by Crippen LogP contribution is 2.27. The first-order valence-electron chi connectivity index (χ1n) is 9.14. The number of piperidine rings is 1. The molecule has 0 unspecified atom stereocenters. The topological polar surface area (TPSA) is 92.3 Å². The molecule has 3 rings (SSSR count). The number of nitrogens with zero attached hydrogens (tertiary/aromatic N) is 3. The molecule has 2 atom stereocenters. The number of carbonyl (C=O) groups is 1. The molecule has 1 aliphatic heterocycles. The van der Waals surface area contributed by atoms with E-state index in [1.807, 2.05) is 0 Å². The third-order valence-corrected chi connectivity index (χ3v) is 7.21. The molecule has 1 aromatic carbocycles. The van der Waals surface area contributed by atoms with Crippen molar-refractivity contribution in [3.63, 3.8) is 0 Å². The van der Waals surface area contributed by atoms with Crippen molar-refractivity contribution in [2.45, 2.75) is 30.3 Å². The molecule has 2 heterocycles. The van der Waals surface area contributed by atoms with Crippen LogP contribution in [0.1, 0.15) is 20.3 Å². The molecule has 1 N–H and O–H groups in total. The van der Waals surface area contributed by atoms with Crippen molar-refractivity contribution in [3.8, 4) is 0 Å². The predicted molar refractivity (Wildman–Crippen MR) is 110 cm³/mol. The van der Waals surface area contributed by atoms with Crippen LogP contribution in [0.2, 0.25) is 0 Å². The summed E-state index contributed by atoms with van der Waals surface area (Å²) in [5, 5.41) is 3.29. The van der Waals surface area contributed by atoms with E-state index in [-0.39, 0.29) is 16.6 Å². The van der Waals surface area contributed by atoms with E-state index in [1.165, 1.54) is 11.8 Å². The molecule has 7 nitrogen and oxygen atoms in total. The number of amides is 1. The second-order valence-electron chi connectivity index (χ2n) is 7.16. The molecule has 9 heteroatoms. The van der Waals surface area contributed by atoms with Gasteiger partial charge in [0.25, 0.3) is 0 Å². The average molecular weight is 421 g/mol. The fourth-order valence-electron chi connectivity index (χ4n) is 3.35. The molecule has 1 aromatic heterocycles. The number of thioether (sulfide) groups is 1. The fourth-order valence-corrected chi connectivity index (χ4v) is 5.63. The van der Waals surface area contributed by atoms with Gasteiger partial charge in [-0.25, -0.2) is 18.4 Å². The van der Waals surface area contributed by atoms with Crippen LogP contribution in [0.5, 0.6) is 0 Å². The summed E-state index contributed by atoms with van der Waals surface area (Å²) in [7, 11) is -3.52. The SMILES string of the molecule is C[C@@H]1C[C@@H](C)CN(S(=O)(=O)c2ccc(NC(=O)CSc3ncccn3)cc2)C1. The summed E-state index contributed by atoms with van der Waals surface area (Å²) in [6.07, 6.45) is 4.29. The second-order valence-corrected chi connectivity index (χ2v) is 10.0. The number of rotatable bonds is 6. The third-order valence-electron chi connectivity index (χ3n) is 4.49. The van der Waals surface area contributed by atoms with Crippen LogP contribution in [0, 0.1) is 11.8 Å². The van der Waals surface area contributed by atoms with Gasteiger partial charge in [0.05, 0.1) is 10.6 Å². The average Bonchev–Trinajstić information content (AvgIpc) is 2.67. The Morgan fingerprint density at radius 3 is 2.36 bits per heavy atom. The maximum atomic E-state index is 12.9. The molecule has 0 aliphatic carbocycles. The number of hydrogen-bond donors (Lipinski definition) is 1. The summed E-state index contributed by atoms with van der Waals surface area (Å²) in [4.78, 5) is 20.4. The Morgan fingerprint density at radius 1 is 1.14 bits per heavy atom. The van der Waals surface area contributed by atoms with Crippen molar-refractivity contribution in [2.24, 2.45) is 11.8 Å². The number of anilines is 1. The Hall–Kier alpha value is -1.97. The van der Waals surface area contributed by atoms with E-state index in [0.717, 1.165) is 6.42 Å². The first kappa shape index (κ1) is 20.8. The van der Waals surface area contributed by atoms with Gasteiger partial charge in [0.1, 0.15) is 0 Å². The molecule has 150 valence electrons. The Labute approximate surface area is 170 Å². The highest BCUT2D eigenvalue weighted by molar-refractivity contribution is 7.99. The Bertz CT molecular complexity index is 895. The molecular formula is C19H24N4O3S2. The lowest BCUT2D eigenvalue weighted by Gasteiger charge is -2.34. The smallest absolute Gasteiger partial charge is 0.243 e. The lowest BCUT2D eigenvalue weighted by atomic mass is 9.94. The van der Waals surface area contributed by atoms with Crippen LogP contribution in [0.15, 0.2) is 52.8 Å². The van der Waals surface area contributed by atoms with Crippen LogP contribution in [0.3, 0.4) is 0 Å². The highest BCUT2D eigenvalue weighted by Gasteiger charge is 2.31. The van der Waals surface area contributed by atoms with Crippen molar-refractivity contribution < 1.29 is 13.2 Å². The molecule has 1 saturated heterocycles. The Kier molecular flexibility index (Phi) is 6.69. The van der Waals surface area contributed by atoms with Gasteiger partial charge in [0, 0.05) is 31.2 Å². The zero-order valence-corrected chi connectivity index (χ0v) is 17.5. The summed E-state index contributed by atoms with van der Waals surface area (Å²) in [5.74, 6) is 0.672. The maximum absolute atomic E-state index is 12.9. The van der Waals surface area contributed by atoms with Crippen LogP contribution in [0.25, 0.3) is 0 Å². The van der Waals surface area contributed by atoms with E-state index in [9.17, 15) is 13.2 Å². The van der Waals surface area contributed by atoms with E-state index in [2.05, 4.69) is 29.1 Å². The van der Waals surface area contributed by atoms with Crippen LogP contribution in [0.4, 0.5) is 5.69 Å². The molecule has 0 bridgehead atoms. The summed E-state index contributed by atoms with van der Waals surface area (Å²) in [6.45, 7) is 5.25. The fraction of sp³-hybridized carbons (Fsp3) is 0.421. The van der Waals surface area contributed by atoms with Gasteiger partial charge in [-0.05, 0) is 48.6 Å². The van der Waals surface area contributed by atoms with Gasteiger partial charge < -0.3 is 5.32 Å². The number of nitrogens with one attached hydrogen (secondary N) is 1. The third kappa shape index (κ3) is 5.30. The lowest BCUT2D eigenvalue weighted by Crippen LogP contribution is -2.42. The largest absolute Gasteiger partial charge is 0.325 e. The first-order chi connectivity index (χ1) is 13.3. The summed E-state index contributed by atoms with van der Waals surface area (Å²) >= 11 is 1.24. The van der Waals surface area contributed by atoms with E-state index in [0.29, 0.717) is 35.8 Å². The first-order valence-corrected chi connectivity index (χ1v) is 11.6. The maximum Gasteiger partial charge on any atom is 0.243 e. The van der Waals surface area contributed by atoms with Crippen LogP contribution in [-0.4, -0.2) is 47.4 Å². The van der Waals surface area contributed by atoms with E-state index in [1.54, 1.807) is 47.0 Å². The molecule has 1 fully saturated rings. The summed E-state index contributed by atoms with van der Waals surface area (Å²) in [6, 6.07) is 8.03. The Morgan fingerprint density at radius 2 is 1.75 bits per heavy atom. The van der Waals surface area contributed by atoms with Gasteiger partial charge in [0.2, 0.25) is 15.9 Å². The van der Waals surface area contributed by atoms with Crippen molar-refractivity contribution in [1.82, 2.24) is 14.3 Å². The molecule has 28 heavy (non-hydrogen) atoms. The normalized spacial score (nSPS) is 20.6. The van der Waals surface area contributed by atoms with E-state index < -0.39 is 10.0 Å². The van der Waals surface area contributed by atoms with E-state index in [4.69, 9.17) is 0 Å². The quantitative estimate of drug-likeness (QED) is 0.571. The molecular weight excluding hydrogens is 396 g/mol. The zero-order chi connectivity index (χ0) is 20.1. The number of sulfonamides is 1. The van der Waals surface area contributed by atoms with Gasteiger partial charge >= 0.3 is 0 Å². The lowest BCUT2D eigenvalue weighted by molar-refractivity contribution is -0.113. The zero-order valence-electron chi connectivity index (χ0n) is 15.9. The molecule has 1 amide bonds. The van der Waals surface area contributed by atoms with Crippen LogP contribution >= 0.6 is 11.8 Å². The van der Waals surface area contributed by atoms with Gasteiger partial charge in [-0.1, -0.05) is 25.6 Å². The number of benzene rings is 1. The van der Waals surface area contributed by atoms with Crippen molar-refractivity contribution >= 4 is 33.4 Å². The molecule has 2 aromatic rings. The van der Waals surface area contributed by atoms with Gasteiger partial charge in [0.15, 0.2) is 5.16 Å². The van der Waals surface area contributed by atoms with Gasteiger partial charge in [-0.3, -0.25) is 4.79 Å². The van der Waals surface area contributed by atoms with E-state index >= 15 is 0 Å².